The van der Waals surface area contributed by atoms with Crippen molar-refractivity contribution in [3.8, 4) is 0 Å². The molecule has 0 spiro atoms. The monoisotopic (exact) mass is 249 g/mol. The van der Waals surface area contributed by atoms with Crippen LogP contribution in [0, 0.1) is 0 Å². The Morgan fingerprint density at radius 1 is 1.28 bits per heavy atom. The predicted molar refractivity (Wildman–Crippen MR) is 78.6 cm³/mol. The van der Waals surface area contributed by atoms with Gasteiger partial charge in [-0.15, -0.1) is 0 Å². The van der Waals surface area contributed by atoms with E-state index in [1.165, 1.54) is 5.56 Å². The lowest BCUT2D eigenvalue weighted by Crippen LogP contribution is -2.08. The van der Waals surface area contributed by atoms with Crippen LogP contribution >= 0.6 is 0 Å². The largest absolute Gasteiger partial charge is 0.478 e. The van der Waals surface area contributed by atoms with Crippen molar-refractivity contribution in [1.82, 2.24) is 4.90 Å². The molecule has 0 aliphatic carbocycles. The molecule has 0 radical (unpaired) electrons. The standard InChI is InChI=1S/C8H8.C4H11N.C3H4O2/c1-2-8-6-4-3-5-7-8;1-4-5(2)3;1-2-3(4)5/h2-7H,1H2;4H2,1-3H3;2H,1H2,(H,4,5). The van der Waals surface area contributed by atoms with E-state index in [9.17, 15) is 4.79 Å². The summed E-state index contributed by atoms with van der Waals surface area (Å²) in [6, 6.07) is 10.0. The summed E-state index contributed by atoms with van der Waals surface area (Å²) in [6.45, 7) is 9.86. The summed E-state index contributed by atoms with van der Waals surface area (Å²) in [6.07, 6.45) is 2.67. The second kappa shape index (κ2) is 13.2. The number of nitrogens with zero attached hydrogens (tertiary/aromatic N) is 1. The topological polar surface area (TPSA) is 40.5 Å². The molecule has 18 heavy (non-hydrogen) atoms. The van der Waals surface area contributed by atoms with Gasteiger partial charge in [0.2, 0.25) is 0 Å². The second-order valence-corrected chi connectivity index (χ2v) is 3.55. The highest BCUT2D eigenvalue weighted by Crippen LogP contribution is 1.97. The molecule has 3 nitrogen and oxygen atoms in total. The Labute approximate surface area is 110 Å². The third-order valence-electron chi connectivity index (χ3n) is 1.84. The van der Waals surface area contributed by atoms with Gasteiger partial charge in [0.05, 0.1) is 0 Å². The van der Waals surface area contributed by atoms with Gasteiger partial charge < -0.3 is 10.0 Å². The summed E-state index contributed by atoms with van der Waals surface area (Å²) >= 11 is 0. The molecule has 0 saturated carbocycles. The lowest BCUT2D eigenvalue weighted by Gasteiger charge is -2.00. The SMILES string of the molecule is C=CC(=O)O.C=Cc1ccccc1.CCN(C)C. The summed E-state index contributed by atoms with van der Waals surface area (Å²) in [5, 5.41) is 7.60. The zero-order valence-corrected chi connectivity index (χ0v) is 11.5. The van der Waals surface area contributed by atoms with Gasteiger partial charge in [-0.25, -0.2) is 4.79 Å². The average molecular weight is 249 g/mol. The minimum atomic E-state index is -0.981. The molecule has 1 rings (SSSR count). The number of hydrogen-bond acceptors (Lipinski definition) is 2. The van der Waals surface area contributed by atoms with Crippen molar-refractivity contribution in [1.29, 1.82) is 0 Å². The van der Waals surface area contributed by atoms with Crippen molar-refractivity contribution in [2.75, 3.05) is 20.6 Å². The normalized spacial score (nSPS) is 8.22. The van der Waals surface area contributed by atoms with E-state index in [2.05, 4.69) is 39.1 Å². The van der Waals surface area contributed by atoms with E-state index >= 15 is 0 Å². The highest BCUT2D eigenvalue weighted by Gasteiger charge is 1.76. The molecule has 0 aliphatic heterocycles. The Morgan fingerprint density at radius 3 is 1.83 bits per heavy atom. The van der Waals surface area contributed by atoms with Crippen molar-refractivity contribution in [2.45, 2.75) is 6.92 Å². The summed E-state index contributed by atoms with van der Waals surface area (Å²) < 4.78 is 0. The summed E-state index contributed by atoms with van der Waals surface area (Å²) in [7, 11) is 4.11. The zero-order valence-electron chi connectivity index (χ0n) is 11.5. The van der Waals surface area contributed by atoms with Crippen LogP contribution in [0.1, 0.15) is 12.5 Å². The van der Waals surface area contributed by atoms with Crippen molar-refractivity contribution < 1.29 is 9.90 Å². The number of carbonyl (C=O) groups is 1. The zero-order chi connectivity index (χ0) is 14.4. The van der Waals surface area contributed by atoms with Crippen molar-refractivity contribution in [3.05, 3.63) is 55.1 Å². The maximum atomic E-state index is 9.25. The van der Waals surface area contributed by atoms with Gasteiger partial charge in [-0.1, -0.05) is 56.5 Å². The van der Waals surface area contributed by atoms with Crippen LogP contribution in [0.25, 0.3) is 6.08 Å². The lowest BCUT2D eigenvalue weighted by atomic mass is 10.2. The molecule has 0 bridgehead atoms. The van der Waals surface area contributed by atoms with Crippen LogP contribution in [0.4, 0.5) is 0 Å². The quantitative estimate of drug-likeness (QED) is 0.837. The third-order valence-corrected chi connectivity index (χ3v) is 1.84. The molecule has 0 heterocycles. The van der Waals surface area contributed by atoms with E-state index in [0.29, 0.717) is 0 Å². The van der Waals surface area contributed by atoms with Gasteiger partial charge in [-0.2, -0.15) is 0 Å². The van der Waals surface area contributed by atoms with Crippen LogP contribution in [-0.4, -0.2) is 36.6 Å². The average Bonchev–Trinajstić information content (AvgIpc) is 2.41. The van der Waals surface area contributed by atoms with Crippen LogP contribution < -0.4 is 0 Å². The lowest BCUT2D eigenvalue weighted by molar-refractivity contribution is -0.131. The Bertz CT molecular complexity index is 332. The van der Waals surface area contributed by atoms with E-state index in [0.717, 1.165) is 12.6 Å². The molecule has 0 saturated heterocycles. The first-order chi connectivity index (χ1) is 8.47. The first-order valence-corrected chi connectivity index (χ1v) is 5.65. The van der Waals surface area contributed by atoms with Crippen molar-refractivity contribution in [3.63, 3.8) is 0 Å². The van der Waals surface area contributed by atoms with E-state index in [1.807, 2.05) is 36.4 Å². The number of benzene rings is 1. The Balaban J connectivity index is 0. The first-order valence-electron chi connectivity index (χ1n) is 5.65. The summed E-state index contributed by atoms with van der Waals surface area (Å²) in [5.74, 6) is -0.981. The molecule has 0 amide bonds. The fraction of sp³-hybridized carbons (Fsp3) is 0.267. The van der Waals surface area contributed by atoms with Crippen LogP contribution in [0.15, 0.2) is 49.6 Å². The highest BCUT2D eigenvalue weighted by atomic mass is 16.4. The highest BCUT2D eigenvalue weighted by molar-refractivity contribution is 5.78. The minimum Gasteiger partial charge on any atom is -0.478 e. The number of carboxylic acids is 1. The van der Waals surface area contributed by atoms with Gasteiger partial charge in [0.15, 0.2) is 0 Å². The number of rotatable bonds is 3. The fourth-order valence-corrected chi connectivity index (χ4v) is 0.589. The summed E-state index contributed by atoms with van der Waals surface area (Å²) in [4.78, 5) is 11.4. The van der Waals surface area contributed by atoms with Crippen LogP contribution in [0.3, 0.4) is 0 Å². The molecule has 3 heteroatoms. The van der Waals surface area contributed by atoms with Crippen LogP contribution in [-0.2, 0) is 4.79 Å². The van der Waals surface area contributed by atoms with E-state index in [1.54, 1.807) is 0 Å². The molecule has 0 unspecified atom stereocenters. The molecular formula is C15H23NO2. The van der Waals surface area contributed by atoms with Gasteiger partial charge in [0.1, 0.15) is 0 Å². The predicted octanol–water partition coefficient (Wildman–Crippen LogP) is 3.15. The Kier molecular flexibility index (Phi) is 13.6. The molecule has 100 valence electrons. The van der Waals surface area contributed by atoms with E-state index < -0.39 is 5.97 Å². The maximum absolute atomic E-state index is 9.25. The van der Waals surface area contributed by atoms with Crippen LogP contribution in [0.5, 0.6) is 0 Å². The maximum Gasteiger partial charge on any atom is 0.327 e. The fourth-order valence-electron chi connectivity index (χ4n) is 0.589. The molecule has 1 N–H and O–H groups in total. The second-order valence-electron chi connectivity index (χ2n) is 3.55. The van der Waals surface area contributed by atoms with Gasteiger partial charge in [-0.3, -0.25) is 0 Å². The molecular weight excluding hydrogens is 226 g/mol. The van der Waals surface area contributed by atoms with Crippen molar-refractivity contribution in [2.24, 2.45) is 0 Å². The van der Waals surface area contributed by atoms with Crippen molar-refractivity contribution >= 4 is 12.0 Å². The molecule has 0 fully saturated rings. The Morgan fingerprint density at radius 2 is 1.67 bits per heavy atom. The number of aliphatic carboxylic acids is 1. The molecule has 1 aromatic carbocycles. The first kappa shape index (κ1) is 18.5. The van der Waals surface area contributed by atoms with E-state index in [4.69, 9.17) is 5.11 Å². The molecule has 0 atom stereocenters. The van der Waals surface area contributed by atoms with Gasteiger partial charge in [0.25, 0.3) is 0 Å². The number of carboxylic acid groups (broad SMARTS) is 1. The molecule has 0 aliphatic rings. The summed E-state index contributed by atoms with van der Waals surface area (Å²) in [5.41, 5.74) is 1.17. The minimum absolute atomic E-state index is 0.833. The van der Waals surface area contributed by atoms with E-state index in [-0.39, 0.29) is 0 Å². The van der Waals surface area contributed by atoms with Gasteiger partial charge in [-0.05, 0) is 26.2 Å². The third kappa shape index (κ3) is 16.6. The molecule has 0 aromatic heterocycles. The number of hydrogen-bond donors (Lipinski definition) is 1. The smallest absolute Gasteiger partial charge is 0.327 e. The van der Waals surface area contributed by atoms with Gasteiger partial charge >= 0.3 is 5.97 Å². The molecule has 1 aromatic rings. The van der Waals surface area contributed by atoms with Crippen LogP contribution in [0.2, 0.25) is 0 Å². The Hall–Kier alpha value is -1.87. The van der Waals surface area contributed by atoms with Gasteiger partial charge in [0, 0.05) is 6.08 Å².